The van der Waals surface area contributed by atoms with E-state index in [1.54, 1.807) is 6.92 Å². The standard InChI is InChI=1S/C8H12O3/c1-4-7(9)5-6(2)8(10)11-3/h2,4-5H2,1,3H3. The number of methoxy groups -OCH3 is 1. The van der Waals surface area contributed by atoms with Crippen molar-refractivity contribution in [3.05, 3.63) is 12.2 Å². The zero-order chi connectivity index (χ0) is 8.85. The summed E-state index contributed by atoms with van der Waals surface area (Å²) in [4.78, 5) is 21.5. The number of rotatable bonds is 4. The molecule has 0 spiro atoms. The summed E-state index contributed by atoms with van der Waals surface area (Å²) in [5.41, 5.74) is 0.222. The number of carbonyl (C=O) groups excluding carboxylic acids is 2. The van der Waals surface area contributed by atoms with Crippen LogP contribution in [0.3, 0.4) is 0 Å². The lowest BCUT2D eigenvalue weighted by molar-refractivity contribution is -0.137. The SMILES string of the molecule is C=C(CC(=O)CC)C(=O)OC. The molecule has 3 heteroatoms. The van der Waals surface area contributed by atoms with Crippen LogP contribution in [0.1, 0.15) is 19.8 Å². The van der Waals surface area contributed by atoms with Crippen molar-refractivity contribution in [3.63, 3.8) is 0 Å². The molecule has 3 nitrogen and oxygen atoms in total. The van der Waals surface area contributed by atoms with Gasteiger partial charge in [-0.1, -0.05) is 13.5 Å². The van der Waals surface area contributed by atoms with Gasteiger partial charge in [-0.2, -0.15) is 0 Å². The lowest BCUT2D eigenvalue weighted by Crippen LogP contribution is -2.07. The van der Waals surface area contributed by atoms with E-state index in [0.29, 0.717) is 6.42 Å². The topological polar surface area (TPSA) is 43.4 Å². The zero-order valence-electron chi connectivity index (χ0n) is 6.85. The Balaban J connectivity index is 3.88. The van der Waals surface area contributed by atoms with Gasteiger partial charge >= 0.3 is 5.97 Å². The molecule has 0 heterocycles. The van der Waals surface area contributed by atoms with E-state index in [0.717, 1.165) is 0 Å². The van der Waals surface area contributed by atoms with E-state index in [1.165, 1.54) is 7.11 Å². The largest absolute Gasteiger partial charge is 0.466 e. The first kappa shape index (κ1) is 9.88. The average Bonchev–Trinajstić information content (AvgIpc) is 2.02. The second kappa shape index (κ2) is 4.66. The van der Waals surface area contributed by atoms with E-state index in [9.17, 15) is 9.59 Å². The van der Waals surface area contributed by atoms with Crippen LogP contribution in [0.25, 0.3) is 0 Å². The number of carbonyl (C=O) groups is 2. The summed E-state index contributed by atoms with van der Waals surface area (Å²) in [6, 6.07) is 0. The molecule has 0 fully saturated rings. The van der Waals surface area contributed by atoms with Crippen LogP contribution < -0.4 is 0 Å². The van der Waals surface area contributed by atoms with Gasteiger partial charge in [0, 0.05) is 18.4 Å². The van der Waals surface area contributed by atoms with E-state index in [1.807, 2.05) is 0 Å². The number of hydrogen-bond donors (Lipinski definition) is 0. The molecule has 0 rings (SSSR count). The van der Waals surface area contributed by atoms with Gasteiger partial charge in [0.1, 0.15) is 5.78 Å². The fraction of sp³-hybridized carbons (Fsp3) is 0.500. The summed E-state index contributed by atoms with van der Waals surface area (Å²) in [7, 11) is 1.27. The minimum Gasteiger partial charge on any atom is -0.466 e. The van der Waals surface area contributed by atoms with Gasteiger partial charge in [0.15, 0.2) is 0 Å². The van der Waals surface area contributed by atoms with Gasteiger partial charge in [-0.15, -0.1) is 0 Å². The van der Waals surface area contributed by atoms with Gasteiger partial charge < -0.3 is 4.74 Å². The molecule has 62 valence electrons. The van der Waals surface area contributed by atoms with E-state index < -0.39 is 5.97 Å². The Morgan fingerprint density at radius 3 is 2.36 bits per heavy atom. The maximum absolute atomic E-state index is 10.8. The van der Waals surface area contributed by atoms with Crippen molar-refractivity contribution in [3.8, 4) is 0 Å². The summed E-state index contributed by atoms with van der Waals surface area (Å²) in [6.07, 6.45) is 0.527. The minimum atomic E-state index is -0.508. The van der Waals surface area contributed by atoms with E-state index in [4.69, 9.17) is 0 Å². The third-order valence-corrected chi connectivity index (χ3v) is 1.28. The fourth-order valence-electron chi connectivity index (χ4n) is 0.580. The first-order chi connectivity index (χ1) is 5.11. The van der Waals surface area contributed by atoms with E-state index in [2.05, 4.69) is 11.3 Å². The molecular weight excluding hydrogens is 144 g/mol. The zero-order valence-corrected chi connectivity index (χ0v) is 6.85. The summed E-state index contributed by atoms with van der Waals surface area (Å²) in [6.45, 7) is 5.16. The van der Waals surface area contributed by atoms with Gasteiger partial charge in [-0.3, -0.25) is 4.79 Å². The molecule has 0 bridgehead atoms. The summed E-state index contributed by atoms with van der Waals surface area (Å²) >= 11 is 0. The van der Waals surface area contributed by atoms with Crippen molar-refractivity contribution >= 4 is 11.8 Å². The number of Topliss-reactive ketones (excluding diaryl/α,β-unsaturated/α-hetero) is 1. The third-order valence-electron chi connectivity index (χ3n) is 1.28. The van der Waals surface area contributed by atoms with Crippen LogP contribution in [0, 0.1) is 0 Å². The second-order valence-electron chi connectivity index (χ2n) is 2.16. The molecule has 0 amide bonds. The summed E-state index contributed by atoms with van der Waals surface area (Å²) in [5, 5.41) is 0. The number of ketones is 1. The van der Waals surface area contributed by atoms with Crippen molar-refractivity contribution in [2.45, 2.75) is 19.8 Å². The molecule has 0 aromatic heterocycles. The Kier molecular flexibility index (Phi) is 4.18. The van der Waals surface area contributed by atoms with Crippen LogP contribution in [-0.4, -0.2) is 18.9 Å². The highest BCUT2D eigenvalue weighted by molar-refractivity contribution is 5.95. The second-order valence-corrected chi connectivity index (χ2v) is 2.16. The first-order valence-corrected chi connectivity index (χ1v) is 3.39. The highest BCUT2D eigenvalue weighted by atomic mass is 16.5. The Hall–Kier alpha value is -1.12. The fourth-order valence-corrected chi connectivity index (χ4v) is 0.580. The molecule has 0 unspecified atom stereocenters. The Morgan fingerprint density at radius 2 is 2.00 bits per heavy atom. The molecule has 0 aliphatic rings. The minimum absolute atomic E-state index is 0.000370. The van der Waals surface area contributed by atoms with Crippen LogP contribution in [0.2, 0.25) is 0 Å². The van der Waals surface area contributed by atoms with Crippen LogP contribution in [-0.2, 0) is 14.3 Å². The lowest BCUT2D eigenvalue weighted by atomic mass is 10.1. The van der Waals surface area contributed by atoms with E-state index >= 15 is 0 Å². The Bertz CT molecular complexity index is 182. The van der Waals surface area contributed by atoms with Gasteiger partial charge in [-0.05, 0) is 0 Å². The van der Waals surface area contributed by atoms with Crippen molar-refractivity contribution in [1.82, 2.24) is 0 Å². The first-order valence-electron chi connectivity index (χ1n) is 3.39. The molecule has 11 heavy (non-hydrogen) atoms. The molecule has 0 atom stereocenters. The Morgan fingerprint density at radius 1 is 1.45 bits per heavy atom. The van der Waals surface area contributed by atoms with Crippen molar-refractivity contribution < 1.29 is 14.3 Å². The molecule has 0 saturated carbocycles. The third kappa shape index (κ3) is 3.55. The molecule has 0 aromatic rings. The predicted molar refractivity (Wildman–Crippen MR) is 41.1 cm³/mol. The van der Waals surface area contributed by atoms with Gasteiger partial charge in [-0.25, -0.2) is 4.79 Å². The van der Waals surface area contributed by atoms with Crippen LogP contribution >= 0.6 is 0 Å². The molecule has 0 aromatic carbocycles. The lowest BCUT2D eigenvalue weighted by Gasteiger charge is -1.99. The summed E-state index contributed by atoms with van der Waals surface area (Å²) in [5.74, 6) is -0.507. The maximum atomic E-state index is 10.8. The maximum Gasteiger partial charge on any atom is 0.333 e. The smallest absolute Gasteiger partial charge is 0.333 e. The van der Waals surface area contributed by atoms with Gasteiger partial charge in [0.05, 0.1) is 7.11 Å². The van der Waals surface area contributed by atoms with Crippen molar-refractivity contribution in [2.75, 3.05) is 7.11 Å². The number of hydrogen-bond acceptors (Lipinski definition) is 3. The van der Waals surface area contributed by atoms with Crippen molar-refractivity contribution in [2.24, 2.45) is 0 Å². The Labute approximate surface area is 66.0 Å². The molecular formula is C8H12O3. The molecule has 0 aliphatic carbocycles. The summed E-state index contributed by atoms with van der Waals surface area (Å²) < 4.78 is 4.37. The van der Waals surface area contributed by atoms with E-state index in [-0.39, 0.29) is 17.8 Å². The monoisotopic (exact) mass is 156 g/mol. The van der Waals surface area contributed by atoms with Crippen LogP contribution in [0.5, 0.6) is 0 Å². The van der Waals surface area contributed by atoms with Gasteiger partial charge in [0.25, 0.3) is 0 Å². The van der Waals surface area contributed by atoms with Gasteiger partial charge in [0.2, 0.25) is 0 Å². The average molecular weight is 156 g/mol. The number of ether oxygens (including phenoxy) is 1. The molecule has 0 radical (unpaired) electrons. The van der Waals surface area contributed by atoms with Crippen molar-refractivity contribution in [1.29, 1.82) is 0 Å². The quantitative estimate of drug-likeness (QED) is 0.452. The predicted octanol–water partition coefficient (Wildman–Crippen LogP) is 1.08. The molecule has 0 saturated heterocycles. The highest BCUT2D eigenvalue weighted by Crippen LogP contribution is 2.02. The van der Waals surface area contributed by atoms with Crippen LogP contribution in [0.4, 0.5) is 0 Å². The highest BCUT2D eigenvalue weighted by Gasteiger charge is 2.09. The molecule has 0 aliphatic heterocycles. The normalized spacial score (nSPS) is 8.91. The molecule has 0 N–H and O–H groups in total. The number of esters is 1. The van der Waals surface area contributed by atoms with Crippen LogP contribution in [0.15, 0.2) is 12.2 Å².